The molecule has 0 spiro atoms. The van der Waals surface area contributed by atoms with Gasteiger partial charge in [-0.2, -0.15) is 0 Å². The van der Waals surface area contributed by atoms with E-state index in [0.29, 0.717) is 0 Å². The zero-order chi connectivity index (χ0) is 0. The van der Waals surface area contributed by atoms with Crippen molar-refractivity contribution in [2.24, 2.45) is 0 Å². The first kappa shape index (κ1) is 76.7. The molecule has 0 aromatic carbocycles. The van der Waals surface area contributed by atoms with Crippen LogP contribution in [0.25, 0.3) is 0 Å². The molecule has 0 aromatic heterocycles. The maximum atomic E-state index is 0. The van der Waals surface area contributed by atoms with Crippen LogP contribution in [0.3, 0.4) is 0 Å². The second kappa shape index (κ2) is 62.2. The minimum atomic E-state index is 0. The largest absolute Gasteiger partial charge is 3.00 e. The van der Waals surface area contributed by atoms with Gasteiger partial charge in [-0.15, -0.1) is 0 Å². The van der Waals surface area contributed by atoms with Gasteiger partial charge in [0.05, 0.1) is 0 Å². The number of hydrogen-bond acceptors (Lipinski definition) is 0. The second-order valence-electron chi connectivity index (χ2n) is 0. The first-order chi connectivity index (χ1) is 0. The summed E-state index contributed by atoms with van der Waals surface area (Å²) in [5.41, 5.74) is 0. The zero-order valence-electron chi connectivity index (χ0n) is 4.38. The molecule has 0 amide bonds. The molecule has 0 bridgehead atoms. The van der Waals surface area contributed by atoms with Gasteiger partial charge < -0.3 is 16.4 Å². The van der Waals surface area contributed by atoms with Crippen molar-refractivity contribution in [2.75, 3.05) is 0 Å². The van der Waals surface area contributed by atoms with Gasteiger partial charge in [-0.3, -0.25) is 0 Å². The molecule has 0 saturated carbocycles. The fourth-order valence-electron chi connectivity index (χ4n) is 0. The van der Waals surface area contributed by atoms with E-state index in [9.17, 15) is 0 Å². The van der Waals surface area contributed by atoms with E-state index in [-0.39, 0.29) is 216 Å². The summed E-state index contributed by atoms with van der Waals surface area (Å²) in [5, 5.41) is 0. The Kier molecular flexibility index (Phi) is 530. The molecule has 0 aliphatic carbocycles. The van der Waals surface area contributed by atoms with Crippen LogP contribution in [0, 0.1) is 81.7 Å². The van der Waals surface area contributed by atoms with Crippen LogP contribution in [0.2, 0.25) is 0 Å². The van der Waals surface area contributed by atoms with Gasteiger partial charge in [0.1, 0.15) is 0 Å². The van der Waals surface area contributed by atoms with Gasteiger partial charge in [-0.05, 0) is 0 Å². The molecular weight excluding hydrogens is 697 g/mol. The number of rotatable bonds is 0. The smallest absolute Gasteiger partial charge is 2.00 e. The van der Waals surface area contributed by atoms with Gasteiger partial charge in [0.15, 0.2) is 0 Å². The Bertz CT molecular complexity index is 17.8. The molecule has 40 valence electrons. The van der Waals surface area contributed by atoms with Gasteiger partial charge in [0, 0.05) is 118 Å². The molecule has 0 aliphatic rings. The van der Waals surface area contributed by atoms with E-state index in [1.165, 1.54) is 0 Å². The van der Waals surface area contributed by atoms with Gasteiger partial charge >= 0.3 is 81.7 Å². The Morgan fingerprint density at radius 2 is 0.444 bits per heavy atom. The third-order valence-electron chi connectivity index (χ3n) is 0. The molecule has 0 N–H and O–H groups in total. The molecule has 4 radical (unpaired) electrons. The fourth-order valence-corrected chi connectivity index (χ4v) is 0. The summed E-state index contributed by atoms with van der Waals surface area (Å²) < 4.78 is 0. The molecule has 9 heavy (non-hydrogen) atoms. The predicted molar refractivity (Wildman–Crippen MR) is 2.06 cm³/mol. The normalized spacial score (nSPS) is 0. The quantitative estimate of drug-likeness (QED) is 0.332. The third kappa shape index (κ3) is 53.4. The van der Waals surface area contributed by atoms with E-state index in [1.807, 2.05) is 0 Å². The Hall–Kier alpha value is 6.56. The Morgan fingerprint density at radius 3 is 0.444 bits per heavy atom. The molecule has 0 unspecified atom stereocenters. The number of hydrogen-bond donors (Lipinski definition) is 0. The average Bonchev–Trinajstić information content (AvgIpc) is 0. The van der Waals surface area contributed by atoms with Crippen molar-refractivity contribution >= 4 is 0 Å². The van der Waals surface area contributed by atoms with Gasteiger partial charge in [-0.25, -0.2) is 0 Å². The Balaban J connectivity index is 0. The van der Waals surface area contributed by atoms with E-state index in [0.717, 1.165) is 0 Å². The van der Waals surface area contributed by atoms with Gasteiger partial charge in [-0.1, -0.05) is 0 Å². The molecule has 0 heterocycles. The molecule has 0 aromatic rings. The van der Waals surface area contributed by atoms with E-state index in [4.69, 9.17) is 0 Å². The van der Waals surface area contributed by atoms with E-state index in [2.05, 4.69) is 0 Å². The molecule has 0 atom stereocenters. The second-order valence-corrected chi connectivity index (χ2v) is 0. The van der Waals surface area contributed by atoms with Crippen molar-refractivity contribution in [3.63, 3.8) is 0 Å². The summed E-state index contributed by atoms with van der Waals surface area (Å²) >= 11 is 0. The first-order valence-electron chi connectivity index (χ1n) is 0. The van der Waals surface area contributed by atoms with E-state index >= 15 is 0 Å². The van der Waals surface area contributed by atoms with Gasteiger partial charge in [0.25, 0.3) is 0 Å². The van der Waals surface area contributed by atoms with Crippen molar-refractivity contribution in [3.05, 3.63) is 0 Å². The predicted octanol–water partition coefficient (Wildman–Crippen LogP) is -0.366. The van der Waals surface area contributed by atoms with Crippen LogP contribution < -0.4 is 0 Å². The summed E-state index contributed by atoms with van der Waals surface area (Å²) in [7, 11) is 0. The Morgan fingerprint density at radius 1 is 0.444 bits per heavy atom. The van der Waals surface area contributed by atoms with Crippen molar-refractivity contribution < 1.29 is 216 Å². The summed E-state index contributed by atoms with van der Waals surface area (Å²) in [6.45, 7) is 0. The molecular formula is Nd2O3Y2Zr2. The van der Waals surface area contributed by atoms with Crippen LogP contribution in [-0.4, -0.2) is 0 Å². The minimum absolute atomic E-state index is 0. The van der Waals surface area contributed by atoms with Crippen molar-refractivity contribution in [1.82, 2.24) is 0 Å². The average molecular weight is 697 g/mol. The SMILES string of the molecule is [Nd+3].[Nd+3].[O-2].[O-2].[O-2].[Y].[Y].[Zr].[Zr]. The molecule has 0 fully saturated rings. The minimum Gasteiger partial charge on any atom is -2.00 e. The molecule has 0 rings (SSSR count). The molecule has 0 aliphatic heterocycles. The zero-order valence-corrected chi connectivity index (χ0v) is 21.4. The standard InChI is InChI=1S/2Nd.3O.2Y.2Zr/q2*+3;3*-2;;;;. The maximum absolute atomic E-state index is 0. The van der Waals surface area contributed by atoms with Crippen LogP contribution in [0.5, 0.6) is 0 Å². The van der Waals surface area contributed by atoms with Crippen molar-refractivity contribution in [3.8, 4) is 0 Å². The monoisotopic (exact) mass is 689 g/mol. The summed E-state index contributed by atoms with van der Waals surface area (Å²) in [6, 6.07) is 0. The van der Waals surface area contributed by atoms with Crippen LogP contribution in [-0.2, 0) is 134 Å². The molecule has 9 heteroatoms. The van der Waals surface area contributed by atoms with Crippen molar-refractivity contribution in [2.45, 2.75) is 0 Å². The first-order valence-corrected chi connectivity index (χ1v) is 0. The van der Waals surface area contributed by atoms with Crippen molar-refractivity contribution in [1.29, 1.82) is 0 Å². The summed E-state index contributed by atoms with van der Waals surface area (Å²) in [4.78, 5) is 0. The van der Waals surface area contributed by atoms with Crippen LogP contribution in [0.1, 0.15) is 0 Å². The molecule has 0 saturated heterocycles. The summed E-state index contributed by atoms with van der Waals surface area (Å²) in [6.07, 6.45) is 0. The van der Waals surface area contributed by atoms with Crippen LogP contribution >= 0.6 is 0 Å². The maximum Gasteiger partial charge on any atom is 3.00 e. The van der Waals surface area contributed by atoms with Crippen LogP contribution in [0.4, 0.5) is 0 Å². The topological polar surface area (TPSA) is 85.5 Å². The third-order valence-corrected chi connectivity index (χ3v) is 0. The summed E-state index contributed by atoms with van der Waals surface area (Å²) in [5.74, 6) is 0. The van der Waals surface area contributed by atoms with Gasteiger partial charge in [0.2, 0.25) is 0 Å². The fraction of sp³-hybridized carbons (Fsp3) is 0. The van der Waals surface area contributed by atoms with Crippen LogP contribution in [0.15, 0.2) is 0 Å². The van der Waals surface area contributed by atoms with E-state index < -0.39 is 0 Å². The Labute approximate surface area is 209 Å². The van der Waals surface area contributed by atoms with E-state index in [1.54, 1.807) is 0 Å². The molecule has 3 nitrogen and oxygen atoms in total.